The van der Waals surface area contributed by atoms with Crippen molar-refractivity contribution in [1.82, 2.24) is 14.9 Å². The predicted molar refractivity (Wildman–Crippen MR) is 162 cm³/mol. The van der Waals surface area contributed by atoms with Gasteiger partial charge >= 0.3 is 0 Å². The zero-order valence-electron chi connectivity index (χ0n) is 24.1. The number of rotatable bonds is 8. The Morgan fingerprint density at radius 3 is 2.27 bits per heavy atom. The molecule has 5 rings (SSSR count). The van der Waals surface area contributed by atoms with Crippen molar-refractivity contribution in [2.24, 2.45) is 0 Å². The van der Waals surface area contributed by atoms with Crippen molar-refractivity contribution in [3.05, 3.63) is 102 Å². The van der Waals surface area contributed by atoms with Gasteiger partial charge in [-0.1, -0.05) is 0 Å². The van der Waals surface area contributed by atoms with E-state index in [0.29, 0.717) is 60.1 Å². The Hall–Kier alpha value is -5.28. The third-order valence-corrected chi connectivity index (χ3v) is 8.28. The van der Waals surface area contributed by atoms with E-state index >= 15 is 0 Å². The van der Waals surface area contributed by atoms with E-state index in [0.717, 1.165) is 0 Å². The van der Waals surface area contributed by atoms with Gasteiger partial charge in [0.25, 0.3) is 11.8 Å². The molecule has 1 N–H and O–H groups in total. The third-order valence-electron chi connectivity index (χ3n) is 7.02. The molecule has 1 aliphatic heterocycles. The van der Waals surface area contributed by atoms with Crippen molar-refractivity contribution in [3.8, 4) is 23.4 Å². The highest BCUT2D eigenvalue weighted by Gasteiger charge is 2.26. The SMILES string of the molecule is Cc1cc(OC2CCN(C(=O)c3ccc(C(=O)Nc4ccc(Oc5ccc(C#N)cc5)nc4)cn3)CC2)ccc1S(C)(=O)=O. The zero-order valence-corrected chi connectivity index (χ0v) is 24.9. The molecule has 2 amide bonds. The molecule has 11 nitrogen and oxygen atoms in total. The molecule has 0 unspecified atom stereocenters. The molecule has 1 fully saturated rings. The molecule has 0 radical (unpaired) electrons. The van der Waals surface area contributed by atoms with Crippen molar-refractivity contribution in [1.29, 1.82) is 5.26 Å². The Morgan fingerprint density at radius 2 is 1.68 bits per heavy atom. The molecule has 3 heterocycles. The maximum Gasteiger partial charge on any atom is 0.272 e. The van der Waals surface area contributed by atoms with Gasteiger partial charge in [0.15, 0.2) is 9.84 Å². The highest BCUT2D eigenvalue weighted by atomic mass is 32.2. The van der Waals surface area contributed by atoms with Crippen LogP contribution in [0.15, 0.2) is 84.0 Å². The molecule has 2 aromatic heterocycles. The van der Waals surface area contributed by atoms with Crippen molar-refractivity contribution in [2.45, 2.75) is 30.8 Å². The van der Waals surface area contributed by atoms with Crippen LogP contribution in [0, 0.1) is 18.3 Å². The normalized spacial score (nSPS) is 13.5. The predicted octanol–water partition coefficient (Wildman–Crippen LogP) is 4.79. The van der Waals surface area contributed by atoms with E-state index in [2.05, 4.69) is 15.3 Å². The number of ether oxygens (including phenoxy) is 2. The lowest BCUT2D eigenvalue weighted by atomic mass is 10.1. The molecule has 0 aliphatic carbocycles. The van der Waals surface area contributed by atoms with Crippen molar-refractivity contribution in [2.75, 3.05) is 24.7 Å². The fraction of sp³-hybridized carbons (Fsp3) is 0.219. The summed E-state index contributed by atoms with van der Waals surface area (Å²) >= 11 is 0. The van der Waals surface area contributed by atoms with Crippen molar-refractivity contribution >= 4 is 27.3 Å². The maximum atomic E-state index is 13.0. The van der Waals surface area contributed by atoms with Gasteiger partial charge in [-0.15, -0.1) is 0 Å². The number of amides is 2. The number of piperidine rings is 1. The number of hydrogen-bond acceptors (Lipinski definition) is 9. The summed E-state index contributed by atoms with van der Waals surface area (Å²) in [5, 5.41) is 11.6. The fourth-order valence-corrected chi connectivity index (χ4v) is 5.69. The number of nitrogens with one attached hydrogen (secondary N) is 1. The van der Waals surface area contributed by atoms with Crippen LogP contribution < -0.4 is 14.8 Å². The van der Waals surface area contributed by atoms with Gasteiger partial charge in [-0.25, -0.2) is 13.4 Å². The first-order valence-electron chi connectivity index (χ1n) is 13.8. The fourth-order valence-electron chi connectivity index (χ4n) is 4.73. The minimum Gasteiger partial charge on any atom is -0.490 e. The van der Waals surface area contributed by atoms with Crippen LogP contribution in [0.1, 0.15) is 44.8 Å². The zero-order chi connectivity index (χ0) is 31.3. The number of aryl methyl sites for hydroxylation is 1. The molecule has 0 saturated carbocycles. The van der Waals surface area contributed by atoms with Crippen LogP contribution in [0.2, 0.25) is 0 Å². The largest absolute Gasteiger partial charge is 0.490 e. The maximum absolute atomic E-state index is 13.0. The van der Waals surface area contributed by atoms with Crippen LogP contribution in [0.3, 0.4) is 0 Å². The van der Waals surface area contributed by atoms with E-state index in [4.69, 9.17) is 14.7 Å². The number of anilines is 1. The first-order chi connectivity index (χ1) is 21.1. The molecule has 0 atom stereocenters. The highest BCUT2D eigenvalue weighted by Crippen LogP contribution is 2.25. The molecule has 4 aromatic rings. The van der Waals surface area contributed by atoms with Crippen LogP contribution >= 0.6 is 0 Å². The van der Waals surface area contributed by atoms with E-state index in [9.17, 15) is 18.0 Å². The lowest BCUT2D eigenvalue weighted by molar-refractivity contribution is 0.0589. The van der Waals surface area contributed by atoms with Gasteiger partial charge in [0, 0.05) is 44.5 Å². The number of nitrogens with zero attached hydrogens (tertiary/aromatic N) is 4. The van der Waals surface area contributed by atoms with Crippen LogP contribution in [-0.2, 0) is 9.84 Å². The molecule has 224 valence electrons. The summed E-state index contributed by atoms with van der Waals surface area (Å²) in [5.41, 5.74) is 2.12. The molecule has 44 heavy (non-hydrogen) atoms. The smallest absolute Gasteiger partial charge is 0.272 e. The minimum atomic E-state index is -3.30. The standard InChI is InChI=1S/C32H29N5O6S/c1-21-17-27(9-11-29(21)44(2,40)41)42-26-13-15-37(16-14-26)32(39)28-10-5-23(19-34-28)31(38)36-24-6-12-30(35-20-24)43-25-7-3-22(18-33)4-8-25/h3-12,17,19-20,26H,13-16H2,1-2H3,(H,36,38). The average Bonchev–Trinajstić information content (AvgIpc) is 3.02. The lowest BCUT2D eigenvalue weighted by Gasteiger charge is -2.32. The van der Waals surface area contributed by atoms with E-state index in [1.54, 1.807) is 72.5 Å². The Kier molecular flexibility index (Phi) is 8.87. The minimum absolute atomic E-state index is 0.104. The Morgan fingerprint density at radius 1 is 0.955 bits per heavy atom. The molecule has 1 saturated heterocycles. The quantitative estimate of drug-likeness (QED) is 0.296. The number of sulfone groups is 1. The molecule has 12 heteroatoms. The van der Waals surface area contributed by atoms with E-state index in [1.165, 1.54) is 24.7 Å². The number of pyridine rings is 2. The second kappa shape index (κ2) is 12.9. The number of carbonyl (C=O) groups is 2. The third kappa shape index (κ3) is 7.37. The lowest BCUT2D eigenvalue weighted by Crippen LogP contribution is -2.42. The van der Waals surface area contributed by atoms with Crippen LogP contribution in [0.25, 0.3) is 0 Å². The summed E-state index contributed by atoms with van der Waals surface area (Å²) in [6, 6.07) is 19.9. The average molecular weight is 612 g/mol. The monoisotopic (exact) mass is 611 g/mol. The number of benzene rings is 2. The van der Waals surface area contributed by atoms with Gasteiger partial charge in [0.05, 0.1) is 34.0 Å². The van der Waals surface area contributed by atoms with Crippen molar-refractivity contribution in [3.63, 3.8) is 0 Å². The van der Waals surface area contributed by atoms with Crippen LogP contribution in [0.4, 0.5) is 5.69 Å². The Labute approximate surface area is 255 Å². The summed E-state index contributed by atoms with van der Waals surface area (Å²) in [6.07, 6.45) is 5.12. The molecular formula is C32H29N5O6S. The number of likely N-dealkylation sites (tertiary alicyclic amines) is 1. The Bertz CT molecular complexity index is 1810. The second-order valence-electron chi connectivity index (χ2n) is 10.3. The molecule has 1 aliphatic rings. The van der Waals surface area contributed by atoms with Crippen molar-refractivity contribution < 1.29 is 27.5 Å². The number of nitriles is 1. The van der Waals surface area contributed by atoms with Gasteiger partial charge in [0.2, 0.25) is 5.88 Å². The first-order valence-corrected chi connectivity index (χ1v) is 15.7. The first kappa shape index (κ1) is 30.2. The summed E-state index contributed by atoms with van der Waals surface area (Å²) in [5.74, 6) is 0.813. The number of hydrogen-bond donors (Lipinski definition) is 1. The number of aromatic nitrogens is 2. The summed E-state index contributed by atoms with van der Waals surface area (Å²) in [7, 11) is -3.30. The van der Waals surface area contributed by atoms with Gasteiger partial charge in [-0.3, -0.25) is 14.6 Å². The van der Waals surface area contributed by atoms with E-state index < -0.39 is 15.7 Å². The number of carbonyl (C=O) groups excluding carboxylic acids is 2. The van der Waals surface area contributed by atoms with Gasteiger partial charge in [-0.05, 0) is 73.2 Å². The summed E-state index contributed by atoms with van der Waals surface area (Å²) in [4.78, 5) is 36.2. The van der Waals surface area contributed by atoms with Gasteiger partial charge < -0.3 is 19.7 Å². The van der Waals surface area contributed by atoms with Crippen LogP contribution in [-0.4, -0.2) is 60.5 Å². The van der Waals surface area contributed by atoms with E-state index in [1.807, 2.05) is 6.07 Å². The summed E-state index contributed by atoms with van der Waals surface area (Å²) < 4.78 is 35.4. The topological polar surface area (TPSA) is 152 Å². The Balaban J connectivity index is 1.11. The van der Waals surface area contributed by atoms with Crippen LogP contribution in [0.5, 0.6) is 17.4 Å². The second-order valence-corrected chi connectivity index (χ2v) is 12.3. The summed E-state index contributed by atoms with van der Waals surface area (Å²) in [6.45, 7) is 2.69. The van der Waals surface area contributed by atoms with Gasteiger partial charge in [-0.2, -0.15) is 5.26 Å². The molecular weight excluding hydrogens is 582 g/mol. The molecule has 0 bridgehead atoms. The molecule has 2 aromatic carbocycles. The van der Waals surface area contributed by atoms with E-state index in [-0.39, 0.29) is 28.2 Å². The van der Waals surface area contributed by atoms with Gasteiger partial charge in [0.1, 0.15) is 23.3 Å². The molecule has 0 spiro atoms. The highest BCUT2D eigenvalue weighted by molar-refractivity contribution is 7.90.